The number of aryl methyl sites for hydroxylation is 1. The first-order valence-electron chi connectivity index (χ1n) is 11.8. The molecule has 2 aromatic rings. The van der Waals surface area contributed by atoms with Gasteiger partial charge in [0, 0.05) is 30.7 Å². The number of methoxy groups -OCH3 is 1. The highest BCUT2D eigenvalue weighted by Gasteiger charge is 2.29. The SMILES string of the molecule is COc1ccccc1C(=O)N1CCC(c2nc(C)ccc2C(=O)NC2CCCCC2)CC1. The van der Waals surface area contributed by atoms with Gasteiger partial charge >= 0.3 is 0 Å². The Morgan fingerprint density at radius 2 is 1.69 bits per heavy atom. The van der Waals surface area contributed by atoms with Crippen LogP contribution in [0.15, 0.2) is 36.4 Å². The van der Waals surface area contributed by atoms with Crippen molar-refractivity contribution in [1.29, 1.82) is 0 Å². The van der Waals surface area contributed by atoms with Gasteiger partial charge in [-0.3, -0.25) is 14.6 Å². The van der Waals surface area contributed by atoms with Gasteiger partial charge in [0.05, 0.1) is 23.9 Å². The summed E-state index contributed by atoms with van der Waals surface area (Å²) in [5, 5.41) is 3.24. The van der Waals surface area contributed by atoms with Gasteiger partial charge in [0.2, 0.25) is 0 Å². The molecule has 1 aromatic heterocycles. The first-order valence-corrected chi connectivity index (χ1v) is 11.8. The molecule has 0 unspecified atom stereocenters. The molecule has 170 valence electrons. The molecule has 1 aliphatic carbocycles. The Morgan fingerprint density at radius 1 is 0.969 bits per heavy atom. The van der Waals surface area contributed by atoms with Gasteiger partial charge in [-0.2, -0.15) is 0 Å². The zero-order valence-corrected chi connectivity index (χ0v) is 19.1. The summed E-state index contributed by atoms with van der Waals surface area (Å²) in [7, 11) is 1.58. The third-order valence-corrected chi connectivity index (χ3v) is 6.76. The van der Waals surface area contributed by atoms with Crippen molar-refractivity contribution in [2.24, 2.45) is 0 Å². The number of amides is 2. The molecule has 4 rings (SSSR count). The maximum Gasteiger partial charge on any atom is 0.257 e. The lowest BCUT2D eigenvalue weighted by molar-refractivity contribution is 0.0707. The zero-order valence-electron chi connectivity index (χ0n) is 19.1. The topological polar surface area (TPSA) is 71.5 Å². The summed E-state index contributed by atoms with van der Waals surface area (Å²) in [6.45, 7) is 3.24. The number of ether oxygens (including phenoxy) is 1. The molecule has 2 aliphatic rings. The molecule has 6 heteroatoms. The largest absolute Gasteiger partial charge is 0.496 e. The molecule has 0 bridgehead atoms. The van der Waals surface area contributed by atoms with Crippen molar-refractivity contribution < 1.29 is 14.3 Å². The van der Waals surface area contributed by atoms with Crippen molar-refractivity contribution in [1.82, 2.24) is 15.2 Å². The summed E-state index contributed by atoms with van der Waals surface area (Å²) >= 11 is 0. The van der Waals surface area contributed by atoms with E-state index in [9.17, 15) is 9.59 Å². The van der Waals surface area contributed by atoms with Gasteiger partial charge in [-0.15, -0.1) is 0 Å². The molecule has 0 spiro atoms. The van der Waals surface area contributed by atoms with Gasteiger partial charge in [0.15, 0.2) is 0 Å². The van der Waals surface area contributed by atoms with Crippen LogP contribution in [-0.4, -0.2) is 47.9 Å². The fourth-order valence-electron chi connectivity index (χ4n) is 4.94. The van der Waals surface area contributed by atoms with Gasteiger partial charge in [-0.1, -0.05) is 31.4 Å². The van der Waals surface area contributed by atoms with Crippen LogP contribution in [0.5, 0.6) is 5.75 Å². The lowest BCUT2D eigenvalue weighted by Crippen LogP contribution is -2.39. The third kappa shape index (κ3) is 4.95. The number of aromatic nitrogens is 1. The second-order valence-corrected chi connectivity index (χ2v) is 8.96. The van der Waals surface area contributed by atoms with Gasteiger partial charge in [-0.25, -0.2) is 0 Å². The lowest BCUT2D eigenvalue weighted by atomic mass is 9.89. The van der Waals surface area contributed by atoms with E-state index in [1.165, 1.54) is 19.3 Å². The Balaban J connectivity index is 1.45. The number of hydrogen-bond donors (Lipinski definition) is 1. The molecular formula is C26H33N3O3. The molecule has 2 heterocycles. The summed E-state index contributed by atoms with van der Waals surface area (Å²) in [6, 6.07) is 11.4. The van der Waals surface area contributed by atoms with Crippen LogP contribution in [0.1, 0.15) is 83.0 Å². The van der Waals surface area contributed by atoms with E-state index in [1.807, 2.05) is 48.2 Å². The van der Waals surface area contributed by atoms with E-state index in [2.05, 4.69) is 5.32 Å². The Kier molecular flexibility index (Phi) is 7.08. The molecular weight excluding hydrogens is 402 g/mol. The number of nitrogens with zero attached hydrogens (tertiary/aromatic N) is 2. The van der Waals surface area contributed by atoms with Crippen LogP contribution >= 0.6 is 0 Å². The van der Waals surface area contributed by atoms with Crippen LogP contribution in [0.3, 0.4) is 0 Å². The van der Waals surface area contributed by atoms with Crippen LogP contribution < -0.4 is 10.1 Å². The second-order valence-electron chi connectivity index (χ2n) is 8.96. The predicted molar refractivity (Wildman–Crippen MR) is 124 cm³/mol. The molecule has 1 saturated carbocycles. The van der Waals surface area contributed by atoms with Crippen LogP contribution in [0.4, 0.5) is 0 Å². The van der Waals surface area contributed by atoms with Crippen LogP contribution in [-0.2, 0) is 0 Å². The summed E-state index contributed by atoms with van der Waals surface area (Å²) in [6.07, 6.45) is 7.33. The number of carbonyl (C=O) groups is 2. The molecule has 1 saturated heterocycles. The van der Waals surface area contributed by atoms with E-state index >= 15 is 0 Å². The smallest absolute Gasteiger partial charge is 0.257 e. The molecule has 0 radical (unpaired) electrons. The van der Waals surface area contributed by atoms with Crippen molar-refractivity contribution >= 4 is 11.8 Å². The first kappa shape index (κ1) is 22.3. The molecule has 2 amide bonds. The Bertz CT molecular complexity index is 961. The Labute approximate surface area is 190 Å². The molecule has 1 N–H and O–H groups in total. The van der Waals surface area contributed by atoms with Crippen molar-refractivity contribution in [3.8, 4) is 5.75 Å². The van der Waals surface area contributed by atoms with Gasteiger partial charge in [-0.05, 0) is 56.9 Å². The normalized spacial score (nSPS) is 17.8. The van der Waals surface area contributed by atoms with Gasteiger partial charge in [0.1, 0.15) is 5.75 Å². The number of para-hydroxylation sites is 1. The minimum Gasteiger partial charge on any atom is -0.496 e. The van der Waals surface area contributed by atoms with Crippen molar-refractivity contribution in [2.75, 3.05) is 20.2 Å². The number of piperidine rings is 1. The number of nitrogens with one attached hydrogen (secondary N) is 1. The van der Waals surface area contributed by atoms with Crippen LogP contribution in [0.2, 0.25) is 0 Å². The third-order valence-electron chi connectivity index (χ3n) is 6.76. The highest BCUT2D eigenvalue weighted by molar-refractivity contribution is 5.97. The van der Waals surface area contributed by atoms with Crippen LogP contribution in [0, 0.1) is 6.92 Å². The Hall–Kier alpha value is -2.89. The fraction of sp³-hybridized carbons (Fsp3) is 0.500. The van der Waals surface area contributed by atoms with E-state index in [4.69, 9.17) is 9.72 Å². The number of carbonyl (C=O) groups excluding carboxylic acids is 2. The maximum atomic E-state index is 13.1. The minimum atomic E-state index is -0.00747. The van der Waals surface area contributed by atoms with E-state index in [-0.39, 0.29) is 23.8 Å². The Morgan fingerprint density at radius 3 is 2.41 bits per heavy atom. The van der Waals surface area contributed by atoms with Crippen molar-refractivity contribution in [3.63, 3.8) is 0 Å². The number of hydrogen-bond acceptors (Lipinski definition) is 4. The van der Waals surface area contributed by atoms with E-state index in [1.54, 1.807) is 7.11 Å². The quantitative estimate of drug-likeness (QED) is 0.752. The van der Waals surface area contributed by atoms with Crippen molar-refractivity contribution in [2.45, 2.75) is 63.8 Å². The summed E-state index contributed by atoms with van der Waals surface area (Å²) in [4.78, 5) is 32.8. The average molecular weight is 436 g/mol. The number of rotatable bonds is 5. The van der Waals surface area contributed by atoms with E-state index in [0.29, 0.717) is 30.0 Å². The molecule has 32 heavy (non-hydrogen) atoms. The highest BCUT2D eigenvalue weighted by atomic mass is 16.5. The minimum absolute atomic E-state index is 0.00614. The number of pyridine rings is 1. The lowest BCUT2D eigenvalue weighted by Gasteiger charge is -2.33. The number of benzene rings is 1. The zero-order chi connectivity index (χ0) is 22.5. The monoisotopic (exact) mass is 435 g/mol. The predicted octanol–water partition coefficient (Wildman–Crippen LogP) is 4.48. The maximum absolute atomic E-state index is 13.1. The molecule has 0 atom stereocenters. The van der Waals surface area contributed by atoms with E-state index in [0.717, 1.165) is 37.1 Å². The fourth-order valence-corrected chi connectivity index (χ4v) is 4.94. The molecule has 6 nitrogen and oxygen atoms in total. The van der Waals surface area contributed by atoms with E-state index < -0.39 is 0 Å². The second kappa shape index (κ2) is 10.2. The van der Waals surface area contributed by atoms with Crippen molar-refractivity contribution in [3.05, 3.63) is 58.9 Å². The summed E-state index contributed by atoms with van der Waals surface area (Å²) in [5.74, 6) is 0.755. The highest BCUT2D eigenvalue weighted by Crippen LogP contribution is 2.31. The molecule has 2 fully saturated rings. The summed E-state index contributed by atoms with van der Waals surface area (Å²) in [5.41, 5.74) is 3.08. The van der Waals surface area contributed by atoms with Gasteiger partial charge < -0.3 is 15.0 Å². The molecule has 1 aliphatic heterocycles. The first-order chi connectivity index (χ1) is 15.6. The average Bonchev–Trinajstić information content (AvgIpc) is 2.84. The number of likely N-dealkylation sites (tertiary alicyclic amines) is 1. The van der Waals surface area contributed by atoms with Crippen LogP contribution in [0.25, 0.3) is 0 Å². The standard InChI is InChI=1S/C26H33N3O3/c1-18-12-13-22(25(30)28-20-8-4-3-5-9-20)24(27-18)19-14-16-29(17-15-19)26(31)21-10-6-7-11-23(21)32-2/h6-7,10-13,19-20H,3-5,8-9,14-17H2,1-2H3,(H,28,30). The summed E-state index contributed by atoms with van der Waals surface area (Å²) < 4.78 is 5.36. The van der Waals surface area contributed by atoms with Gasteiger partial charge in [0.25, 0.3) is 11.8 Å². The molecule has 1 aromatic carbocycles.